The van der Waals surface area contributed by atoms with E-state index in [1.807, 2.05) is 43.3 Å². The Bertz CT molecular complexity index is 649. The summed E-state index contributed by atoms with van der Waals surface area (Å²) in [6.45, 7) is 2.57. The zero-order valence-electron chi connectivity index (χ0n) is 11.1. The molecule has 1 aliphatic heterocycles. The molecule has 0 aromatic heterocycles. The Labute approximate surface area is 116 Å². The molecule has 4 heteroatoms. The highest BCUT2D eigenvalue weighted by Gasteiger charge is 2.13. The second-order valence-electron chi connectivity index (χ2n) is 4.64. The van der Waals surface area contributed by atoms with Crippen LogP contribution in [0.3, 0.4) is 0 Å². The molecule has 2 aromatic carbocycles. The quantitative estimate of drug-likeness (QED) is 0.801. The Morgan fingerprint density at radius 3 is 2.85 bits per heavy atom. The van der Waals surface area contributed by atoms with E-state index in [-0.39, 0.29) is 6.79 Å². The molecule has 0 atom stereocenters. The Kier molecular flexibility index (Phi) is 3.29. The van der Waals surface area contributed by atoms with Crippen molar-refractivity contribution in [3.05, 3.63) is 53.1 Å². The minimum absolute atomic E-state index is 0.257. The maximum absolute atomic E-state index is 11.0. The average molecular weight is 270 g/mol. The summed E-state index contributed by atoms with van der Waals surface area (Å²) in [5.41, 5.74) is 2.56. The van der Waals surface area contributed by atoms with Crippen LogP contribution in [0.1, 0.15) is 21.5 Å². The fraction of sp³-hybridized carbons (Fsp3) is 0.188. The van der Waals surface area contributed by atoms with Crippen LogP contribution in [0.5, 0.6) is 17.2 Å². The lowest BCUT2D eigenvalue weighted by atomic mass is 10.1. The largest absolute Gasteiger partial charge is 0.488 e. The van der Waals surface area contributed by atoms with Crippen LogP contribution in [0.15, 0.2) is 36.4 Å². The third-order valence-electron chi connectivity index (χ3n) is 3.12. The highest BCUT2D eigenvalue weighted by Crippen LogP contribution is 2.32. The van der Waals surface area contributed by atoms with Gasteiger partial charge >= 0.3 is 0 Å². The van der Waals surface area contributed by atoms with Crippen molar-refractivity contribution >= 4 is 6.29 Å². The standard InChI is InChI=1S/C16H14O4/c1-11-2-4-14(13(6-11)8-17)18-9-12-3-5-15-16(7-12)20-10-19-15/h2-8H,9-10H2,1H3. The first-order valence-corrected chi connectivity index (χ1v) is 6.33. The number of benzene rings is 2. The second-order valence-corrected chi connectivity index (χ2v) is 4.64. The number of ether oxygens (including phenoxy) is 3. The molecule has 3 rings (SSSR count). The minimum atomic E-state index is 0.257. The van der Waals surface area contributed by atoms with E-state index in [0.717, 1.165) is 28.9 Å². The number of hydrogen-bond acceptors (Lipinski definition) is 4. The van der Waals surface area contributed by atoms with Gasteiger partial charge in [0.15, 0.2) is 17.8 Å². The lowest BCUT2D eigenvalue weighted by Gasteiger charge is -2.09. The first-order chi connectivity index (χ1) is 9.76. The average Bonchev–Trinajstić information content (AvgIpc) is 2.93. The highest BCUT2D eigenvalue weighted by molar-refractivity contribution is 5.79. The maximum Gasteiger partial charge on any atom is 0.231 e. The van der Waals surface area contributed by atoms with Crippen LogP contribution in [-0.2, 0) is 6.61 Å². The number of rotatable bonds is 4. The van der Waals surface area contributed by atoms with Gasteiger partial charge in [0, 0.05) is 0 Å². The van der Waals surface area contributed by atoms with Crippen LogP contribution < -0.4 is 14.2 Å². The molecule has 0 aliphatic carbocycles. The number of hydrogen-bond donors (Lipinski definition) is 0. The van der Waals surface area contributed by atoms with Gasteiger partial charge in [0.2, 0.25) is 6.79 Å². The van der Waals surface area contributed by atoms with E-state index in [2.05, 4.69) is 0 Å². The fourth-order valence-corrected chi connectivity index (χ4v) is 2.08. The van der Waals surface area contributed by atoms with Crippen molar-refractivity contribution in [3.8, 4) is 17.2 Å². The zero-order valence-corrected chi connectivity index (χ0v) is 11.1. The topological polar surface area (TPSA) is 44.8 Å². The molecule has 0 saturated carbocycles. The highest BCUT2D eigenvalue weighted by atomic mass is 16.7. The summed E-state index contributed by atoms with van der Waals surface area (Å²) < 4.78 is 16.3. The second kappa shape index (κ2) is 5.25. The molecule has 0 N–H and O–H groups in total. The molecule has 102 valence electrons. The molecule has 0 fully saturated rings. The Balaban J connectivity index is 1.75. The number of fused-ring (bicyclic) bond motifs is 1. The summed E-state index contributed by atoms with van der Waals surface area (Å²) in [6, 6.07) is 11.2. The van der Waals surface area contributed by atoms with Crippen LogP contribution >= 0.6 is 0 Å². The van der Waals surface area contributed by atoms with E-state index in [1.165, 1.54) is 0 Å². The summed E-state index contributed by atoms with van der Waals surface area (Å²) in [4.78, 5) is 11.0. The van der Waals surface area contributed by atoms with Gasteiger partial charge in [-0.3, -0.25) is 4.79 Å². The van der Waals surface area contributed by atoms with Gasteiger partial charge in [-0.05, 0) is 36.8 Å². The molecule has 0 amide bonds. The van der Waals surface area contributed by atoms with Gasteiger partial charge in [0.25, 0.3) is 0 Å². The van der Waals surface area contributed by atoms with Gasteiger partial charge in [-0.2, -0.15) is 0 Å². The fourth-order valence-electron chi connectivity index (χ4n) is 2.08. The molecule has 0 bridgehead atoms. The lowest BCUT2D eigenvalue weighted by Crippen LogP contribution is -1.98. The molecule has 0 saturated heterocycles. The van der Waals surface area contributed by atoms with E-state index in [4.69, 9.17) is 14.2 Å². The Hall–Kier alpha value is -2.49. The summed E-state index contributed by atoms with van der Waals surface area (Å²) >= 11 is 0. The van der Waals surface area contributed by atoms with E-state index in [0.29, 0.717) is 17.9 Å². The van der Waals surface area contributed by atoms with Gasteiger partial charge in [-0.15, -0.1) is 0 Å². The minimum Gasteiger partial charge on any atom is -0.488 e. The molecule has 1 aliphatic rings. The molecule has 20 heavy (non-hydrogen) atoms. The number of carbonyl (C=O) groups excluding carboxylic acids is 1. The van der Waals surface area contributed by atoms with Crippen molar-refractivity contribution in [3.63, 3.8) is 0 Å². The number of aryl methyl sites for hydroxylation is 1. The molecule has 2 aromatic rings. The van der Waals surface area contributed by atoms with E-state index in [9.17, 15) is 4.79 Å². The van der Waals surface area contributed by atoms with Gasteiger partial charge < -0.3 is 14.2 Å². The van der Waals surface area contributed by atoms with Gasteiger partial charge in [-0.25, -0.2) is 0 Å². The van der Waals surface area contributed by atoms with Crippen LogP contribution in [0.25, 0.3) is 0 Å². The van der Waals surface area contributed by atoms with E-state index in [1.54, 1.807) is 0 Å². The molecular formula is C16H14O4. The van der Waals surface area contributed by atoms with Crippen molar-refractivity contribution in [2.45, 2.75) is 13.5 Å². The van der Waals surface area contributed by atoms with Crippen molar-refractivity contribution in [1.82, 2.24) is 0 Å². The first kappa shape index (κ1) is 12.5. The SMILES string of the molecule is Cc1ccc(OCc2ccc3c(c2)OCO3)c(C=O)c1. The molecule has 0 unspecified atom stereocenters. The van der Waals surface area contributed by atoms with Crippen LogP contribution in [0.2, 0.25) is 0 Å². The molecule has 1 heterocycles. The maximum atomic E-state index is 11.0. The molecular weight excluding hydrogens is 256 g/mol. The summed E-state index contributed by atoms with van der Waals surface area (Å²) in [6.07, 6.45) is 0.808. The molecule has 4 nitrogen and oxygen atoms in total. The van der Waals surface area contributed by atoms with Crippen molar-refractivity contribution in [2.75, 3.05) is 6.79 Å². The zero-order chi connectivity index (χ0) is 13.9. The number of carbonyl (C=O) groups is 1. The summed E-state index contributed by atoms with van der Waals surface area (Å²) in [5, 5.41) is 0. The van der Waals surface area contributed by atoms with Crippen LogP contribution in [0, 0.1) is 6.92 Å². The lowest BCUT2D eigenvalue weighted by molar-refractivity contribution is 0.111. The Morgan fingerprint density at radius 1 is 1.15 bits per heavy atom. The normalized spacial score (nSPS) is 12.2. The predicted octanol–water partition coefficient (Wildman–Crippen LogP) is 3.12. The number of aldehydes is 1. The molecule has 0 radical (unpaired) electrons. The van der Waals surface area contributed by atoms with Crippen molar-refractivity contribution in [1.29, 1.82) is 0 Å². The molecule has 0 spiro atoms. The monoisotopic (exact) mass is 270 g/mol. The predicted molar refractivity (Wildman–Crippen MR) is 73.5 cm³/mol. The summed E-state index contributed by atoms with van der Waals surface area (Å²) in [5.74, 6) is 2.06. The van der Waals surface area contributed by atoms with E-state index >= 15 is 0 Å². The smallest absolute Gasteiger partial charge is 0.231 e. The van der Waals surface area contributed by atoms with Crippen LogP contribution in [-0.4, -0.2) is 13.1 Å². The first-order valence-electron chi connectivity index (χ1n) is 6.33. The van der Waals surface area contributed by atoms with Crippen molar-refractivity contribution < 1.29 is 19.0 Å². The van der Waals surface area contributed by atoms with Gasteiger partial charge in [0.05, 0.1) is 5.56 Å². The third-order valence-corrected chi connectivity index (χ3v) is 3.12. The van der Waals surface area contributed by atoms with Crippen molar-refractivity contribution in [2.24, 2.45) is 0 Å². The van der Waals surface area contributed by atoms with Crippen LogP contribution in [0.4, 0.5) is 0 Å². The van der Waals surface area contributed by atoms with Gasteiger partial charge in [0.1, 0.15) is 12.4 Å². The van der Waals surface area contributed by atoms with E-state index < -0.39 is 0 Å². The summed E-state index contributed by atoms with van der Waals surface area (Å²) in [7, 11) is 0. The Morgan fingerprint density at radius 2 is 2.00 bits per heavy atom. The third kappa shape index (κ3) is 2.45. The van der Waals surface area contributed by atoms with Gasteiger partial charge in [-0.1, -0.05) is 17.7 Å².